The summed E-state index contributed by atoms with van der Waals surface area (Å²) in [5, 5.41) is 2.98. The fraction of sp³-hybridized carbons (Fsp3) is 0.360. The molecular formula is C25H30N2O4. The van der Waals surface area contributed by atoms with Crippen LogP contribution in [-0.2, 0) is 4.79 Å². The number of carbonyl (C=O) groups is 2. The van der Waals surface area contributed by atoms with Gasteiger partial charge < -0.3 is 19.7 Å². The summed E-state index contributed by atoms with van der Waals surface area (Å²) in [5.41, 5.74) is 2.78. The number of aryl methyl sites for hydroxylation is 1. The molecule has 0 spiro atoms. The number of nitrogens with zero attached hydrogens (tertiary/aromatic N) is 1. The average molecular weight is 423 g/mol. The van der Waals surface area contributed by atoms with Gasteiger partial charge in [-0.15, -0.1) is 0 Å². The Morgan fingerprint density at radius 3 is 2.35 bits per heavy atom. The van der Waals surface area contributed by atoms with E-state index in [1.165, 1.54) is 5.56 Å². The molecule has 1 heterocycles. The van der Waals surface area contributed by atoms with Gasteiger partial charge in [0.25, 0.3) is 5.91 Å². The van der Waals surface area contributed by atoms with Crippen molar-refractivity contribution < 1.29 is 19.1 Å². The molecule has 1 aliphatic rings. The third kappa shape index (κ3) is 6.10. The van der Waals surface area contributed by atoms with Gasteiger partial charge in [0.2, 0.25) is 5.91 Å². The lowest BCUT2D eigenvalue weighted by molar-refractivity contribution is -0.116. The fourth-order valence-corrected chi connectivity index (χ4v) is 3.65. The lowest BCUT2D eigenvalue weighted by atomic mass is 9.96. The minimum Gasteiger partial charge on any atom is -0.493 e. The van der Waals surface area contributed by atoms with Crippen LogP contribution in [0.1, 0.15) is 34.3 Å². The molecule has 0 saturated carbocycles. The Hall–Kier alpha value is -3.28. The molecular weight excluding hydrogens is 392 g/mol. The lowest BCUT2D eigenvalue weighted by Gasteiger charge is -2.32. The Balaban J connectivity index is 1.45. The number of benzene rings is 2. The summed E-state index contributed by atoms with van der Waals surface area (Å²) < 4.78 is 10.5. The molecule has 1 fully saturated rings. The van der Waals surface area contributed by atoms with Crippen LogP contribution in [0.4, 0.5) is 0 Å². The van der Waals surface area contributed by atoms with Gasteiger partial charge in [0, 0.05) is 31.3 Å². The SMILES string of the molecule is COc1ccc(C(=O)N2CCC(CNC(=O)/C=C/c3ccc(C)cc3)CC2)cc1OC. The second kappa shape index (κ2) is 10.7. The molecule has 2 amide bonds. The van der Waals surface area contributed by atoms with Gasteiger partial charge in [-0.05, 0) is 55.5 Å². The van der Waals surface area contributed by atoms with Crippen LogP contribution in [-0.4, -0.2) is 50.6 Å². The number of carbonyl (C=O) groups excluding carboxylic acids is 2. The van der Waals surface area contributed by atoms with Gasteiger partial charge >= 0.3 is 0 Å². The van der Waals surface area contributed by atoms with E-state index in [0.29, 0.717) is 42.6 Å². The minimum atomic E-state index is -0.0931. The van der Waals surface area contributed by atoms with Gasteiger partial charge in [0.15, 0.2) is 11.5 Å². The summed E-state index contributed by atoms with van der Waals surface area (Å²) in [7, 11) is 3.13. The van der Waals surface area contributed by atoms with Crippen molar-refractivity contribution in [3.05, 3.63) is 65.2 Å². The van der Waals surface area contributed by atoms with Crippen molar-refractivity contribution in [2.24, 2.45) is 5.92 Å². The first kappa shape index (κ1) is 22.4. The van der Waals surface area contributed by atoms with E-state index in [1.807, 2.05) is 42.2 Å². The smallest absolute Gasteiger partial charge is 0.253 e. The van der Waals surface area contributed by atoms with E-state index in [9.17, 15) is 9.59 Å². The topological polar surface area (TPSA) is 67.9 Å². The molecule has 0 bridgehead atoms. The zero-order valence-electron chi connectivity index (χ0n) is 18.4. The van der Waals surface area contributed by atoms with Gasteiger partial charge in [-0.25, -0.2) is 0 Å². The Morgan fingerprint density at radius 1 is 1.03 bits per heavy atom. The Kier molecular flexibility index (Phi) is 7.70. The molecule has 3 rings (SSSR count). The molecule has 0 radical (unpaired) electrons. The number of piperidine rings is 1. The van der Waals surface area contributed by atoms with E-state index in [2.05, 4.69) is 5.32 Å². The first-order valence-electron chi connectivity index (χ1n) is 10.5. The van der Waals surface area contributed by atoms with Crippen LogP contribution in [0.25, 0.3) is 6.08 Å². The minimum absolute atomic E-state index is 0.00975. The quantitative estimate of drug-likeness (QED) is 0.691. The van der Waals surface area contributed by atoms with Crippen LogP contribution in [0.2, 0.25) is 0 Å². The van der Waals surface area contributed by atoms with Crippen LogP contribution in [0.3, 0.4) is 0 Å². The number of amides is 2. The van der Waals surface area contributed by atoms with E-state index in [1.54, 1.807) is 38.5 Å². The zero-order chi connectivity index (χ0) is 22.2. The second-order valence-electron chi connectivity index (χ2n) is 7.79. The molecule has 31 heavy (non-hydrogen) atoms. The first-order chi connectivity index (χ1) is 15.0. The second-order valence-corrected chi connectivity index (χ2v) is 7.79. The van der Waals surface area contributed by atoms with Crippen molar-refractivity contribution in [3.63, 3.8) is 0 Å². The predicted octanol–water partition coefficient (Wildman–Crippen LogP) is 3.69. The van der Waals surface area contributed by atoms with Crippen LogP contribution >= 0.6 is 0 Å². The fourth-order valence-electron chi connectivity index (χ4n) is 3.65. The Labute approximate surface area is 183 Å². The van der Waals surface area contributed by atoms with Crippen molar-refractivity contribution in [3.8, 4) is 11.5 Å². The molecule has 164 valence electrons. The molecule has 0 aromatic heterocycles. The summed E-state index contributed by atoms with van der Waals surface area (Å²) in [5.74, 6) is 1.41. The summed E-state index contributed by atoms with van der Waals surface area (Å²) in [6.45, 7) is 4.00. The number of likely N-dealkylation sites (tertiary alicyclic amines) is 1. The van der Waals surface area contributed by atoms with E-state index < -0.39 is 0 Å². The number of rotatable bonds is 7. The molecule has 2 aromatic rings. The van der Waals surface area contributed by atoms with Gasteiger partial charge in [-0.1, -0.05) is 29.8 Å². The molecule has 1 saturated heterocycles. The third-order valence-electron chi connectivity index (χ3n) is 5.60. The summed E-state index contributed by atoms with van der Waals surface area (Å²) in [6.07, 6.45) is 5.11. The summed E-state index contributed by atoms with van der Waals surface area (Å²) >= 11 is 0. The molecule has 2 aromatic carbocycles. The number of hydrogen-bond acceptors (Lipinski definition) is 4. The summed E-state index contributed by atoms with van der Waals surface area (Å²) in [4.78, 5) is 26.8. The maximum atomic E-state index is 12.8. The molecule has 0 unspecified atom stereocenters. The third-order valence-corrected chi connectivity index (χ3v) is 5.60. The van der Waals surface area contributed by atoms with E-state index in [4.69, 9.17) is 9.47 Å². The monoisotopic (exact) mass is 422 g/mol. The van der Waals surface area contributed by atoms with Crippen LogP contribution < -0.4 is 14.8 Å². The molecule has 6 nitrogen and oxygen atoms in total. The van der Waals surface area contributed by atoms with Crippen LogP contribution in [0.15, 0.2) is 48.5 Å². The van der Waals surface area contributed by atoms with Gasteiger partial charge in [-0.3, -0.25) is 9.59 Å². The highest BCUT2D eigenvalue weighted by Gasteiger charge is 2.24. The maximum absolute atomic E-state index is 12.8. The highest BCUT2D eigenvalue weighted by Crippen LogP contribution is 2.28. The van der Waals surface area contributed by atoms with Gasteiger partial charge in [0.1, 0.15) is 0 Å². The molecule has 6 heteroatoms. The number of methoxy groups -OCH3 is 2. The Bertz CT molecular complexity index is 929. The lowest BCUT2D eigenvalue weighted by Crippen LogP contribution is -2.41. The highest BCUT2D eigenvalue weighted by molar-refractivity contribution is 5.95. The van der Waals surface area contributed by atoms with Crippen molar-refractivity contribution in [1.82, 2.24) is 10.2 Å². The van der Waals surface area contributed by atoms with Crippen molar-refractivity contribution >= 4 is 17.9 Å². The first-order valence-corrected chi connectivity index (χ1v) is 10.5. The van der Waals surface area contributed by atoms with E-state index in [0.717, 1.165) is 18.4 Å². The molecule has 1 N–H and O–H groups in total. The van der Waals surface area contributed by atoms with E-state index in [-0.39, 0.29) is 11.8 Å². The normalized spacial score (nSPS) is 14.5. The molecule has 0 atom stereocenters. The predicted molar refractivity (Wildman–Crippen MR) is 121 cm³/mol. The molecule has 1 aliphatic heterocycles. The average Bonchev–Trinajstić information content (AvgIpc) is 2.81. The largest absolute Gasteiger partial charge is 0.493 e. The van der Waals surface area contributed by atoms with Crippen LogP contribution in [0, 0.1) is 12.8 Å². The summed E-state index contributed by atoms with van der Waals surface area (Å²) in [6, 6.07) is 13.3. The van der Waals surface area contributed by atoms with Crippen LogP contribution in [0.5, 0.6) is 11.5 Å². The van der Waals surface area contributed by atoms with E-state index >= 15 is 0 Å². The van der Waals surface area contributed by atoms with Crippen molar-refractivity contribution in [2.45, 2.75) is 19.8 Å². The maximum Gasteiger partial charge on any atom is 0.253 e. The number of ether oxygens (including phenoxy) is 2. The number of nitrogens with one attached hydrogen (secondary N) is 1. The Morgan fingerprint density at radius 2 is 1.71 bits per heavy atom. The molecule has 0 aliphatic carbocycles. The van der Waals surface area contributed by atoms with Gasteiger partial charge in [0.05, 0.1) is 14.2 Å². The van der Waals surface area contributed by atoms with Crippen molar-refractivity contribution in [1.29, 1.82) is 0 Å². The highest BCUT2D eigenvalue weighted by atomic mass is 16.5. The standard InChI is InChI=1S/C25H30N2O4/c1-18-4-6-19(7-5-18)8-11-24(28)26-17-20-12-14-27(15-13-20)25(29)21-9-10-22(30-2)23(16-21)31-3/h4-11,16,20H,12-15,17H2,1-3H3,(H,26,28)/b11-8+. The zero-order valence-corrected chi connectivity index (χ0v) is 18.4. The number of hydrogen-bond donors (Lipinski definition) is 1. The van der Waals surface area contributed by atoms with Gasteiger partial charge in [-0.2, -0.15) is 0 Å². The van der Waals surface area contributed by atoms with Crippen molar-refractivity contribution in [2.75, 3.05) is 33.9 Å².